The highest BCUT2D eigenvalue weighted by Gasteiger charge is 2.09. The van der Waals surface area contributed by atoms with Crippen LogP contribution < -0.4 is 10.6 Å². The van der Waals surface area contributed by atoms with Gasteiger partial charge in [0.1, 0.15) is 5.69 Å². The molecule has 2 rings (SSSR count). The Balaban J connectivity index is 2.00. The van der Waals surface area contributed by atoms with Crippen LogP contribution >= 0.6 is 0 Å². The molecule has 22 heavy (non-hydrogen) atoms. The predicted molar refractivity (Wildman–Crippen MR) is 90.0 cm³/mol. The van der Waals surface area contributed by atoms with Crippen LogP contribution in [-0.2, 0) is 6.54 Å². The molecule has 0 aliphatic rings. The SMILES string of the molecule is CCC(C)Nc1ccnc(C(=O)NCc2ccccc2C)c1. The summed E-state index contributed by atoms with van der Waals surface area (Å²) in [4.78, 5) is 16.4. The third-order valence-corrected chi connectivity index (χ3v) is 3.72. The highest BCUT2D eigenvalue weighted by Crippen LogP contribution is 2.11. The van der Waals surface area contributed by atoms with Gasteiger partial charge < -0.3 is 10.6 Å². The van der Waals surface area contributed by atoms with Gasteiger partial charge in [-0.1, -0.05) is 31.2 Å². The number of hydrogen-bond acceptors (Lipinski definition) is 3. The summed E-state index contributed by atoms with van der Waals surface area (Å²) < 4.78 is 0. The number of carbonyl (C=O) groups excluding carboxylic acids is 1. The summed E-state index contributed by atoms with van der Waals surface area (Å²) in [5.74, 6) is -0.156. The van der Waals surface area contributed by atoms with Gasteiger partial charge >= 0.3 is 0 Å². The Morgan fingerprint density at radius 2 is 2.05 bits per heavy atom. The molecule has 1 atom stereocenters. The molecule has 1 aromatic heterocycles. The third kappa shape index (κ3) is 4.32. The fourth-order valence-electron chi connectivity index (χ4n) is 2.11. The minimum absolute atomic E-state index is 0.156. The number of carbonyl (C=O) groups is 1. The van der Waals surface area contributed by atoms with Crippen LogP contribution in [0.3, 0.4) is 0 Å². The Morgan fingerprint density at radius 3 is 2.77 bits per heavy atom. The summed E-state index contributed by atoms with van der Waals surface area (Å²) in [5, 5.41) is 6.27. The van der Waals surface area contributed by atoms with E-state index in [-0.39, 0.29) is 5.91 Å². The first-order chi connectivity index (χ1) is 10.6. The molecule has 0 saturated carbocycles. The quantitative estimate of drug-likeness (QED) is 0.857. The van der Waals surface area contributed by atoms with E-state index in [1.165, 1.54) is 5.56 Å². The van der Waals surface area contributed by atoms with E-state index in [1.54, 1.807) is 12.3 Å². The highest BCUT2D eigenvalue weighted by molar-refractivity contribution is 5.93. The van der Waals surface area contributed by atoms with E-state index in [0.29, 0.717) is 18.3 Å². The van der Waals surface area contributed by atoms with Crippen molar-refractivity contribution in [2.24, 2.45) is 0 Å². The normalized spacial score (nSPS) is 11.8. The molecule has 0 aliphatic carbocycles. The van der Waals surface area contributed by atoms with Gasteiger partial charge in [0.15, 0.2) is 0 Å². The number of aryl methyl sites for hydroxylation is 1. The van der Waals surface area contributed by atoms with Gasteiger partial charge in [0.25, 0.3) is 5.91 Å². The molecule has 0 saturated heterocycles. The molecule has 1 heterocycles. The minimum Gasteiger partial charge on any atom is -0.382 e. The highest BCUT2D eigenvalue weighted by atomic mass is 16.1. The van der Waals surface area contributed by atoms with Gasteiger partial charge in [-0.05, 0) is 43.5 Å². The molecule has 1 unspecified atom stereocenters. The fourth-order valence-corrected chi connectivity index (χ4v) is 2.11. The van der Waals surface area contributed by atoms with Gasteiger partial charge in [-0.3, -0.25) is 9.78 Å². The summed E-state index contributed by atoms with van der Waals surface area (Å²) in [6.45, 7) is 6.78. The van der Waals surface area contributed by atoms with Crippen molar-refractivity contribution in [3.63, 3.8) is 0 Å². The molecule has 0 spiro atoms. The topological polar surface area (TPSA) is 54.0 Å². The number of aromatic nitrogens is 1. The van der Waals surface area contributed by atoms with E-state index in [4.69, 9.17) is 0 Å². The molecule has 1 amide bonds. The van der Waals surface area contributed by atoms with E-state index in [1.807, 2.05) is 37.3 Å². The van der Waals surface area contributed by atoms with Gasteiger partial charge in [0, 0.05) is 24.5 Å². The van der Waals surface area contributed by atoms with Crippen LogP contribution in [-0.4, -0.2) is 16.9 Å². The third-order valence-electron chi connectivity index (χ3n) is 3.72. The van der Waals surface area contributed by atoms with Crippen LogP contribution in [0.2, 0.25) is 0 Å². The van der Waals surface area contributed by atoms with E-state index >= 15 is 0 Å². The molecule has 4 nitrogen and oxygen atoms in total. The van der Waals surface area contributed by atoms with Crippen LogP contribution in [0.4, 0.5) is 5.69 Å². The smallest absolute Gasteiger partial charge is 0.270 e. The van der Waals surface area contributed by atoms with Gasteiger partial charge in [-0.25, -0.2) is 0 Å². The lowest BCUT2D eigenvalue weighted by molar-refractivity contribution is 0.0946. The van der Waals surface area contributed by atoms with Crippen LogP contribution in [0.15, 0.2) is 42.6 Å². The number of hydrogen-bond donors (Lipinski definition) is 2. The Bertz CT molecular complexity index is 640. The van der Waals surface area contributed by atoms with Crippen LogP contribution in [0, 0.1) is 6.92 Å². The Morgan fingerprint density at radius 1 is 1.27 bits per heavy atom. The van der Waals surface area contributed by atoms with Crippen LogP contribution in [0.5, 0.6) is 0 Å². The number of anilines is 1. The summed E-state index contributed by atoms with van der Waals surface area (Å²) >= 11 is 0. The molecular formula is C18H23N3O. The maximum Gasteiger partial charge on any atom is 0.270 e. The second-order valence-corrected chi connectivity index (χ2v) is 5.49. The zero-order valence-electron chi connectivity index (χ0n) is 13.4. The van der Waals surface area contributed by atoms with Crippen LogP contribution in [0.1, 0.15) is 41.9 Å². The molecule has 2 N–H and O–H groups in total. The number of rotatable bonds is 6. The van der Waals surface area contributed by atoms with Crippen molar-refractivity contribution in [2.45, 2.75) is 39.8 Å². The van der Waals surface area contributed by atoms with Gasteiger partial charge in [-0.15, -0.1) is 0 Å². The summed E-state index contributed by atoms with van der Waals surface area (Å²) in [6.07, 6.45) is 2.69. The molecule has 0 bridgehead atoms. The van der Waals surface area contributed by atoms with Gasteiger partial charge in [-0.2, -0.15) is 0 Å². The Labute approximate surface area is 132 Å². The fraction of sp³-hybridized carbons (Fsp3) is 0.333. The maximum atomic E-state index is 12.2. The minimum atomic E-state index is -0.156. The molecule has 116 valence electrons. The van der Waals surface area contributed by atoms with Crippen molar-refractivity contribution in [1.29, 1.82) is 0 Å². The summed E-state index contributed by atoms with van der Waals surface area (Å²) in [5.41, 5.74) is 3.64. The zero-order valence-corrected chi connectivity index (χ0v) is 13.4. The largest absolute Gasteiger partial charge is 0.382 e. The Kier molecular flexibility index (Phi) is 5.53. The van der Waals surface area contributed by atoms with Crippen molar-refractivity contribution in [1.82, 2.24) is 10.3 Å². The predicted octanol–water partition coefficient (Wildman–Crippen LogP) is 3.53. The van der Waals surface area contributed by atoms with Gasteiger partial charge in [0.2, 0.25) is 0 Å². The number of nitrogens with zero attached hydrogens (tertiary/aromatic N) is 1. The first-order valence-corrected chi connectivity index (χ1v) is 7.65. The first-order valence-electron chi connectivity index (χ1n) is 7.65. The molecular weight excluding hydrogens is 274 g/mol. The molecule has 2 aromatic rings. The zero-order chi connectivity index (χ0) is 15.9. The van der Waals surface area contributed by atoms with Crippen molar-refractivity contribution in [2.75, 3.05) is 5.32 Å². The first kappa shape index (κ1) is 16.0. The Hall–Kier alpha value is -2.36. The van der Waals surface area contributed by atoms with Crippen molar-refractivity contribution in [3.05, 3.63) is 59.4 Å². The molecule has 4 heteroatoms. The van der Waals surface area contributed by atoms with Crippen molar-refractivity contribution >= 4 is 11.6 Å². The maximum absolute atomic E-state index is 12.2. The summed E-state index contributed by atoms with van der Waals surface area (Å²) in [6, 6.07) is 12.1. The van der Waals surface area contributed by atoms with Crippen LogP contribution in [0.25, 0.3) is 0 Å². The molecule has 1 aromatic carbocycles. The lowest BCUT2D eigenvalue weighted by Crippen LogP contribution is -2.24. The average Bonchev–Trinajstić information content (AvgIpc) is 2.54. The van der Waals surface area contributed by atoms with E-state index in [9.17, 15) is 4.79 Å². The number of amides is 1. The summed E-state index contributed by atoms with van der Waals surface area (Å²) in [7, 11) is 0. The average molecular weight is 297 g/mol. The monoisotopic (exact) mass is 297 g/mol. The molecule has 0 aliphatic heterocycles. The molecule has 0 radical (unpaired) electrons. The van der Waals surface area contributed by atoms with E-state index < -0.39 is 0 Å². The van der Waals surface area contributed by atoms with Gasteiger partial charge in [0.05, 0.1) is 0 Å². The lowest BCUT2D eigenvalue weighted by Gasteiger charge is -2.13. The molecule has 0 fully saturated rings. The number of benzene rings is 1. The standard InChI is InChI=1S/C18H23N3O/c1-4-14(3)21-16-9-10-19-17(11-16)18(22)20-12-15-8-6-5-7-13(15)2/h5-11,14H,4,12H2,1-3H3,(H,19,21)(H,20,22). The number of pyridine rings is 1. The second-order valence-electron chi connectivity index (χ2n) is 5.49. The number of nitrogens with one attached hydrogen (secondary N) is 2. The van der Waals surface area contributed by atoms with E-state index in [2.05, 4.69) is 29.5 Å². The van der Waals surface area contributed by atoms with Crippen molar-refractivity contribution < 1.29 is 4.79 Å². The second kappa shape index (κ2) is 7.59. The lowest BCUT2D eigenvalue weighted by atomic mass is 10.1. The van der Waals surface area contributed by atoms with Crippen molar-refractivity contribution in [3.8, 4) is 0 Å². The van der Waals surface area contributed by atoms with E-state index in [0.717, 1.165) is 17.7 Å².